The van der Waals surface area contributed by atoms with Crippen LogP contribution >= 0.6 is 0 Å². The van der Waals surface area contributed by atoms with Crippen LogP contribution in [0.2, 0.25) is 0 Å². The first-order valence-electron chi connectivity index (χ1n) is 4.88. The van der Waals surface area contributed by atoms with E-state index in [0.717, 1.165) is 5.56 Å². The summed E-state index contributed by atoms with van der Waals surface area (Å²) in [6, 6.07) is 7.26. The van der Waals surface area contributed by atoms with Gasteiger partial charge < -0.3 is 0 Å². The van der Waals surface area contributed by atoms with Gasteiger partial charge in [0.25, 0.3) is 0 Å². The quantitative estimate of drug-likeness (QED) is 0.673. The summed E-state index contributed by atoms with van der Waals surface area (Å²) in [4.78, 5) is 11.1. The molecule has 0 unspecified atom stereocenters. The predicted molar refractivity (Wildman–Crippen MR) is 53.2 cm³/mol. The SMILES string of the molecule is CC(=O)c1cccc(CC2(F)CC2)c1. The molecule has 0 aliphatic heterocycles. The Balaban J connectivity index is 2.17. The monoisotopic (exact) mass is 192 g/mol. The first-order chi connectivity index (χ1) is 6.59. The van der Waals surface area contributed by atoms with E-state index in [0.29, 0.717) is 24.8 Å². The Labute approximate surface area is 82.9 Å². The van der Waals surface area contributed by atoms with E-state index in [4.69, 9.17) is 0 Å². The molecule has 0 saturated heterocycles. The Kier molecular flexibility index (Phi) is 2.14. The molecular weight excluding hydrogens is 179 g/mol. The molecule has 0 aromatic heterocycles. The topological polar surface area (TPSA) is 17.1 Å². The van der Waals surface area contributed by atoms with Crippen LogP contribution in [0.3, 0.4) is 0 Å². The normalized spacial score (nSPS) is 17.9. The molecule has 0 radical (unpaired) electrons. The van der Waals surface area contributed by atoms with Crippen LogP contribution in [0.4, 0.5) is 4.39 Å². The summed E-state index contributed by atoms with van der Waals surface area (Å²) in [5.41, 5.74) is 0.625. The molecule has 0 heterocycles. The van der Waals surface area contributed by atoms with Gasteiger partial charge in [-0.05, 0) is 31.4 Å². The van der Waals surface area contributed by atoms with E-state index in [1.54, 1.807) is 12.1 Å². The van der Waals surface area contributed by atoms with Crippen molar-refractivity contribution in [3.8, 4) is 0 Å². The Hall–Kier alpha value is -1.18. The van der Waals surface area contributed by atoms with Crippen molar-refractivity contribution in [1.29, 1.82) is 0 Å². The number of benzene rings is 1. The maximum atomic E-state index is 13.4. The van der Waals surface area contributed by atoms with Gasteiger partial charge in [0.05, 0.1) is 0 Å². The number of halogens is 1. The molecular formula is C12H13FO. The summed E-state index contributed by atoms with van der Waals surface area (Å²) in [5.74, 6) is 0.0376. The zero-order valence-corrected chi connectivity index (χ0v) is 8.22. The van der Waals surface area contributed by atoms with Crippen molar-refractivity contribution >= 4 is 5.78 Å². The number of ketones is 1. The zero-order valence-electron chi connectivity index (χ0n) is 8.22. The second-order valence-electron chi connectivity index (χ2n) is 4.08. The minimum absolute atomic E-state index is 0.0376. The Morgan fingerprint density at radius 1 is 1.50 bits per heavy atom. The van der Waals surface area contributed by atoms with Crippen molar-refractivity contribution in [3.05, 3.63) is 35.4 Å². The fourth-order valence-electron chi connectivity index (χ4n) is 1.58. The van der Waals surface area contributed by atoms with Crippen molar-refractivity contribution < 1.29 is 9.18 Å². The number of hydrogen-bond acceptors (Lipinski definition) is 1. The third kappa shape index (κ3) is 2.00. The summed E-state index contributed by atoms with van der Waals surface area (Å²) in [5, 5.41) is 0. The predicted octanol–water partition coefficient (Wildman–Crippen LogP) is 2.93. The molecule has 74 valence electrons. The number of rotatable bonds is 3. The molecule has 1 aliphatic carbocycles. The van der Waals surface area contributed by atoms with Gasteiger partial charge in [0, 0.05) is 12.0 Å². The average molecular weight is 192 g/mol. The molecule has 1 aromatic rings. The van der Waals surface area contributed by atoms with Crippen LogP contribution in [-0.4, -0.2) is 11.5 Å². The van der Waals surface area contributed by atoms with Crippen molar-refractivity contribution in [3.63, 3.8) is 0 Å². The van der Waals surface area contributed by atoms with Gasteiger partial charge in [-0.3, -0.25) is 4.79 Å². The first-order valence-corrected chi connectivity index (χ1v) is 4.88. The van der Waals surface area contributed by atoms with Crippen molar-refractivity contribution in [2.45, 2.75) is 31.9 Å². The van der Waals surface area contributed by atoms with E-state index in [2.05, 4.69) is 0 Å². The minimum Gasteiger partial charge on any atom is -0.295 e. The highest BCUT2D eigenvalue weighted by molar-refractivity contribution is 5.94. The van der Waals surface area contributed by atoms with Gasteiger partial charge in [-0.1, -0.05) is 18.2 Å². The third-order valence-corrected chi connectivity index (χ3v) is 2.65. The molecule has 0 N–H and O–H groups in total. The zero-order chi connectivity index (χ0) is 10.2. The average Bonchev–Trinajstić information content (AvgIpc) is 2.83. The van der Waals surface area contributed by atoms with Gasteiger partial charge in [0.1, 0.15) is 5.67 Å². The van der Waals surface area contributed by atoms with Gasteiger partial charge in [0.2, 0.25) is 0 Å². The molecule has 0 bridgehead atoms. The van der Waals surface area contributed by atoms with E-state index < -0.39 is 5.67 Å². The molecule has 0 spiro atoms. The lowest BCUT2D eigenvalue weighted by atomic mass is 10.0. The summed E-state index contributed by atoms with van der Waals surface area (Å²) < 4.78 is 13.4. The summed E-state index contributed by atoms with van der Waals surface area (Å²) in [6.45, 7) is 1.53. The van der Waals surface area contributed by atoms with Crippen LogP contribution in [0.1, 0.15) is 35.7 Å². The molecule has 1 fully saturated rings. The standard InChI is InChI=1S/C12H13FO/c1-9(14)11-4-2-3-10(7-11)8-12(13)5-6-12/h2-4,7H,5-6,8H2,1H3. The molecule has 2 heteroatoms. The number of Topliss-reactive ketones (excluding diaryl/α,β-unsaturated/α-hetero) is 1. The molecule has 1 aliphatic rings. The second kappa shape index (κ2) is 3.19. The van der Waals surface area contributed by atoms with Crippen LogP contribution in [0, 0.1) is 0 Å². The maximum Gasteiger partial charge on any atom is 0.159 e. The maximum absolute atomic E-state index is 13.4. The van der Waals surface area contributed by atoms with E-state index >= 15 is 0 Å². The highest BCUT2D eigenvalue weighted by atomic mass is 19.1. The van der Waals surface area contributed by atoms with Crippen LogP contribution < -0.4 is 0 Å². The van der Waals surface area contributed by atoms with E-state index in [1.807, 2.05) is 12.1 Å². The number of alkyl halides is 1. The summed E-state index contributed by atoms with van der Waals surface area (Å²) in [6.07, 6.45) is 1.78. The lowest BCUT2D eigenvalue weighted by Gasteiger charge is -2.05. The summed E-state index contributed by atoms with van der Waals surface area (Å²) >= 11 is 0. The van der Waals surface area contributed by atoms with Crippen molar-refractivity contribution in [1.82, 2.24) is 0 Å². The van der Waals surface area contributed by atoms with E-state index in [1.165, 1.54) is 6.92 Å². The van der Waals surface area contributed by atoms with Gasteiger partial charge in [-0.15, -0.1) is 0 Å². The second-order valence-corrected chi connectivity index (χ2v) is 4.08. The molecule has 14 heavy (non-hydrogen) atoms. The molecule has 0 amide bonds. The van der Waals surface area contributed by atoms with Crippen LogP contribution in [0.5, 0.6) is 0 Å². The fraction of sp³-hybridized carbons (Fsp3) is 0.417. The molecule has 2 rings (SSSR count). The van der Waals surface area contributed by atoms with Gasteiger partial charge >= 0.3 is 0 Å². The van der Waals surface area contributed by atoms with Gasteiger partial charge in [-0.2, -0.15) is 0 Å². The fourth-order valence-corrected chi connectivity index (χ4v) is 1.58. The summed E-state index contributed by atoms with van der Waals surface area (Å²) in [7, 11) is 0. The van der Waals surface area contributed by atoms with Crippen molar-refractivity contribution in [2.24, 2.45) is 0 Å². The molecule has 1 saturated carbocycles. The van der Waals surface area contributed by atoms with E-state index in [-0.39, 0.29) is 5.78 Å². The molecule has 0 atom stereocenters. The van der Waals surface area contributed by atoms with Crippen molar-refractivity contribution in [2.75, 3.05) is 0 Å². The lowest BCUT2D eigenvalue weighted by Crippen LogP contribution is -2.05. The minimum atomic E-state index is -0.977. The van der Waals surface area contributed by atoms with Gasteiger partial charge in [0.15, 0.2) is 5.78 Å². The smallest absolute Gasteiger partial charge is 0.159 e. The largest absolute Gasteiger partial charge is 0.295 e. The number of hydrogen-bond donors (Lipinski definition) is 0. The third-order valence-electron chi connectivity index (χ3n) is 2.65. The Bertz CT molecular complexity index is 366. The van der Waals surface area contributed by atoms with Crippen LogP contribution in [0.25, 0.3) is 0 Å². The Morgan fingerprint density at radius 2 is 2.21 bits per heavy atom. The van der Waals surface area contributed by atoms with Gasteiger partial charge in [-0.25, -0.2) is 4.39 Å². The number of carbonyl (C=O) groups is 1. The lowest BCUT2D eigenvalue weighted by molar-refractivity contribution is 0.101. The molecule has 1 aromatic carbocycles. The highest BCUT2D eigenvalue weighted by Crippen LogP contribution is 2.42. The van der Waals surface area contributed by atoms with Crippen LogP contribution in [-0.2, 0) is 6.42 Å². The highest BCUT2D eigenvalue weighted by Gasteiger charge is 2.42. The molecule has 1 nitrogen and oxygen atoms in total. The van der Waals surface area contributed by atoms with Crippen LogP contribution in [0.15, 0.2) is 24.3 Å². The Morgan fingerprint density at radius 3 is 2.79 bits per heavy atom. The van der Waals surface area contributed by atoms with E-state index in [9.17, 15) is 9.18 Å². The first kappa shape index (κ1) is 9.38. The number of carbonyl (C=O) groups excluding carboxylic acids is 1.